The maximum absolute atomic E-state index is 13.1. The molecule has 4 aromatic rings. The fourth-order valence-corrected chi connectivity index (χ4v) is 5.69. The minimum Gasteiger partial charge on any atom is -0.311 e. The standard InChI is InChI=1S/C25H25N5OS2/c1-3-29-23(13-18-7-5-4-6-8-18)27-28-25(29)33-16-24(31)30-12-11-20-14-19(9-10-22(20)30)21-15-32-17(2)26-21/h4-10,14-15H,3,11-13,16H2,1-2H3. The zero-order chi connectivity index (χ0) is 22.8. The van der Waals surface area contributed by atoms with Crippen LogP contribution in [0.4, 0.5) is 5.69 Å². The number of aryl methyl sites for hydroxylation is 1. The molecule has 0 fully saturated rings. The molecule has 0 spiro atoms. The molecule has 0 unspecified atom stereocenters. The molecule has 0 saturated carbocycles. The van der Waals surface area contributed by atoms with Gasteiger partial charge in [0.25, 0.3) is 0 Å². The van der Waals surface area contributed by atoms with Gasteiger partial charge < -0.3 is 9.47 Å². The summed E-state index contributed by atoms with van der Waals surface area (Å²) in [5, 5.41) is 12.7. The number of hydrogen-bond acceptors (Lipinski definition) is 6. The highest BCUT2D eigenvalue weighted by Crippen LogP contribution is 2.33. The number of hydrogen-bond donors (Lipinski definition) is 0. The van der Waals surface area contributed by atoms with Crippen LogP contribution in [0.15, 0.2) is 59.1 Å². The van der Waals surface area contributed by atoms with Crippen LogP contribution in [0, 0.1) is 6.92 Å². The van der Waals surface area contributed by atoms with Gasteiger partial charge in [0.15, 0.2) is 5.16 Å². The molecule has 5 rings (SSSR count). The van der Waals surface area contributed by atoms with Gasteiger partial charge in [0.05, 0.1) is 16.5 Å². The van der Waals surface area contributed by atoms with E-state index in [0.717, 1.165) is 52.3 Å². The summed E-state index contributed by atoms with van der Waals surface area (Å²) in [6.45, 7) is 5.59. The summed E-state index contributed by atoms with van der Waals surface area (Å²) in [4.78, 5) is 19.6. The minimum atomic E-state index is 0.103. The fourth-order valence-electron chi connectivity index (χ4n) is 4.17. The summed E-state index contributed by atoms with van der Waals surface area (Å²) < 4.78 is 2.10. The van der Waals surface area contributed by atoms with Crippen molar-refractivity contribution >= 4 is 34.7 Å². The maximum atomic E-state index is 13.1. The van der Waals surface area contributed by atoms with Crippen LogP contribution < -0.4 is 4.90 Å². The van der Waals surface area contributed by atoms with Crippen LogP contribution >= 0.6 is 23.1 Å². The maximum Gasteiger partial charge on any atom is 0.237 e. The number of rotatable bonds is 7. The van der Waals surface area contributed by atoms with Gasteiger partial charge in [-0.15, -0.1) is 21.5 Å². The number of fused-ring (bicyclic) bond motifs is 1. The minimum absolute atomic E-state index is 0.103. The Bertz CT molecular complexity index is 1280. The van der Waals surface area contributed by atoms with Crippen LogP contribution in [-0.2, 0) is 24.2 Å². The lowest BCUT2D eigenvalue weighted by atomic mass is 10.1. The van der Waals surface area contributed by atoms with Gasteiger partial charge in [0, 0.05) is 36.1 Å². The number of anilines is 1. The zero-order valence-corrected chi connectivity index (χ0v) is 20.3. The molecule has 3 heterocycles. The molecule has 0 aliphatic carbocycles. The topological polar surface area (TPSA) is 63.9 Å². The predicted molar refractivity (Wildman–Crippen MR) is 134 cm³/mol. The molecule has 2 aromatic heterocycles. The fraction of sp³-hybridized carbons (Fsp3) is 0.280. The number of carbonyl (C=O) groups is 1. The molecular formula is C25H25N5OS2. The molecule has 168 valence electrons. The van der Waals surface area contributed by atoms with Gasteiger partial charge in [-0.25, -0.2) is 4.98 Å². The molecule has 6 nitrogen and oxygen atoms in total. The third-order valence-corrected chi connectivity index (χ3v) is 7.56. The van der Waals surface area contributed by atoms with Gasteiger partial charge in [-0.3, -0.25) is 4.79 Å². The Hall–Kier alpha value is -2.97. The monoisotopic (exact) mass is 475 g/mol. The number of carbonyl (C=O) groups excluding carboxylic acids is 1. The van der Waals surface area contributed by atoms with E-state index < -0.39 is 0 Å². The first-order valence-corrected chi connectivity index (χ1v) is 12.9. The first-order valence-electron chi connectivity index (χ1n) is 11.1. The van der Waals surface area contributed by atoms with Crippen LogP contribution in [-0.4, -0.2) is 38.0 Å². The highest BCUT2D eigenvalue weighted by atomic mass is 32.2. The number of aromatic nitrogens is 4. The van der Waals surface area contributed by atoms with E-state index in [1.54, 1.807) is 11.3 Å². The molecule has 1 aliphatic rings. The molecule has 2 aromatic carbocycles. The van der Waals surface area contributed by atoms with Gasteiger partial charge in [-0.05, 0) is 43.5 Å². The summed E-state index contributed by atoms with van der Waals surface area (Å²) in [5.74, 6) is 1.37. The second-order valence-corrected chi connectivity index (χ2v) is 9.99. The van der Waals surface area contributed by atoms with Crippen molar-refractivity contribution in [3.8, 4) is 11.3 Å². The van der Waals surface area contributed by atoms with Gasteiger partial charge in [-0.2, -0.15) is 0 Å². The van der Waals surface area contributed by atoms with Crippen LogP contribution in [0.5, 0.6) is 0 Å². The highest BCUT2D eigenvalue weighted by Gasteiger charge is 2.26. The lowest BCUT2D eigenvalue weighted by Gasteiger charge is -2.17. The van der Waals surface area contributed by atoms with E-state index in [4.69, 9.17) is 0 Å². The molecule has 1 amide bonds. The van der Waals surface area contributed by atoms with E-state index in [1.165, 1.54) is 22.9 Å². The average molecular weight is 476 g/mol. The smallest absolute Gasteiger partial charge is 0.237 e. The molecule has 8 heteroatoms. The van der Waals surface area contributed by atoms with Gasteiger partial charge in [0.1, 0.15) is 5.82 Å². The van der Waals surface area contributed by atoms with E-state index in [1.807, 2.05) is 30.0 Å². The summed E-state index contributed by atoms with van der Waals surface area (Å²) in [6.07, 6.45) is 1.60. The van der Waals surface area contributed by atoms with Gasteiger partial charge in [-0.1, -0.05) is 48.2 Å². The molecular weight excluding hydrogens is 450 g/mol. The SMILES string of the molecule is CCn1c(Cc2ccccc2)nnc1SCC(=O)N1CCc2cc(-c3csc(C)n3)ccc21. The van der Waals surface area contributed by atoms with Crippen LogP contribution in [0.1, 0.15) is 28.9 Å². The van der Waals surface area contributed by atoms with Crippen molar-refractivity contribution in [1.29, 1.82) is 0 Å². The molecule has 0 bridgehead atoms. The molecule has 33 heavy (non-hydrogen) atoms. The molecule has 1 aliphatic heterocycles. The lowest BCUT2D eigenvalue weighted by molar-refractivity contribution is -0.116. The Morgan fingerprint density at radius 2 is 2.00 bits per heavy atom. The van der Waals surface area contributed by atoms with E-state index >= 15 is 0 Å². The summed E-state index contributed by atoms with van der Waals surface area (Å²) in [6, 6.07) is 16.6. The summed E-state index contributed by atoms with van der Waals surface area (Å²) in [7, 11) is 0. The Morgan fingerprint density at radius 3 is 2.76 bits per heavy atom. The van der Waals surface area contributed by atoms with Crippen LogP contribution in [0.3, 0.4) is 0 Å². The highest BCUT2D eigenvalue weighted by molar-refractivity contribution is 7.99. The Kier molecular flexibility index (Phi) is 6.28. The Balaban J connectivity index is 1.26. The molecule has 0 atom stereocenters. The van der Waals surface area contributed by atoms with E-state index in [9.17, 15) is 4.79 Å². The summed E-state index contributed by atoms with van der Waals surface area (Å²) in [5.41, 5.74) is 5.54. The number of benzene rings is 2. The van der Waals surface area contributed by atoms with E-state index in [0.29, 0.717) is 12.3 Å². The first-order chi connectivity index (χ1) is 16.1. The third-order valence-electron chi connectivity index (χ3n) is 5.83. The normalized spacial score (nSPS) is 12.8. The number of nitrogens with zero attached hydrogens (tertiary/aromatic N) is 5. The largest absolute Gasteiger partial charge is 0.311 e. The second-order valence-electron chi connectivity index (χ2n) is 7.98. The second kappa shape index (κ2) is 9.49. The lowest BCUT2D eigenvalue weighted by Crippen LogP contribution is -2.30. The van der Waals surface area contributed by atoms with Crippen LogP contribution in [0.25, 0.3) is 11.3 Å². The van der Waals surface area contributed by atoms with E-state index in [2.05, 4.69) is 62.4 Å². The number of thiazole rings is 1. The van der Waals surface area contributed by atoms with E-state index in [-0.39, 0.29) is 5.91 Å². The summed E-state index contributed by atoms with van der Waals surface area (Å²) >= 11 is 3.12. The Morgan fingerprint density at radius 1 is 1.15 bits per heavy atom. The first kappa shape index (κ1) is 21.9. The van der Waals surface area contributed by atoms with Crippen molar-refractivity contribution in [3.05, 3.63) is 75.9 Å². The van der Waals surface area contributed by atoms with Crippen molar-refractivity contribution in [1.82, 2.24) is 19.7 Å². The van der Waals surface area contributed by atoms with Gasteiger partial charge >= 0.3 is 0 Å². The van der Waals surface area contributed by atoms with Crippen molar-refractivity contribution in [2.24, 2.45) is 0 Å². The van der Waals surface area contributed by atoms with Crippen molar-refractivity contribution < 1.29 is 4.79 Å². The quantitative estimate of drug-likeness (QED) is 0.352. The molecule has 0 N–H and O–H groups in total. The third kappa shape index (κ3) is 4.58. The van der Waals surface area contributed by atoms with Gasteiger partial charge in [0.2, 0.25) is 5.91 Å². The van der Waals surface area contributed by atoms with Crippen molar-refractivity contribution in [2.45, 2.75) is 38.4 Å². The molecule has 0 saturated heterocycles. The average Bonchev–Trinajstić information content (AvgIpc) is 3.56. The number of thioether (sulfide) groups is 1. The van der Waals surface area contributed by atoms with Crippen LogP contribution in [0.2, 0.25) is 0 Å². The zero-order valence-electron chi connectivity index (χ0n) is 18.7. The number of amides is 1. The van der Waals surface area contributed by atoms with Crippen molar-refractivity contribution in [3.63, 3.8) is 0 Å². The Labute approximate surface area is 201 Å². The predicted octanol–water partition coefficient (Wildman–Crippen LogP) is 5.00. The van der Waals surface area contributed by atoms with Crippen molar-refractivity contribution in [2.75, 3.05) is 17.2 Å². The molecule has 0 radical (unpaired) electrons.